The molecule has 0 aromatic heterocycles. The van der Waals surface area contributed by atoms with Crippen molar-refractivity contribution in [2.24, 2.45) is 0 Å². The smallest absolute Gasteiger partial charge is 0 e. The molecule has 24 heavy (non-hydrogen) atoms. The first kappa shape index (κ1) is 23.8. The standard InChI is InChI=1S/C21H25.2ClH.Hf/c1-20(2,3)16-9-10-18-15(12-16)11-14-7-8-17(13-19(14)18)21(4,5)6;;;/h7-13H,1-6H3;2*1H;/q-1;;;/p-2. The Morgan fingerprint density at radius 3 is 1.67 bits per heavy atom. The van der Waals surface area contributed by atoms with Crippen LogP contribution in [0, 0.1) is 0 Å². The van der Waals surface area contributed by atoms with Gasteiger partial charge in [0.05, 0.1) is 0 Å². The van der Waals surface area contributed by atoms with Crippen LogP contribution in [0.1, 0.15) is 52.7 Å². The van der Waals surface area contributed by atoms with Gasteiger partial charge < -0.3 is 24.8 Å². The number of halogens is 2. The second kappa shape index (κ2) is 7.98. The number of fused-ring (bicyclic) bond motifs is 3. The maximum absolute atomic E-state index is 2.37. The fourth-order valence-electron chi connectivity index (χ4n) is 2.94. The summed E-state index contributed by atoms with van der Waals surface area (Å²) < 4.78 is 0. The predicted octanol–water partition coefficient (Wildman–Crippen LogP) is 0.312. The van der Waals surface area contributed by atoms with Crippen molar-refractivity contribution in [2.75, 3.05) is 0 Å². The molecule has 0 unspecified atom stereocenters. The van der Waals surface area contributed by atoms with Crippen molar-refractivity contribution in [1.29, 1.82) is 0 Å². The van der Waals surface area contributed by atoms with E-state index in [4.69, 9.17) is 0 Å². The summed E-state index contributed by atoms with van der Waals surface area (Å²) in [6, 6.07) is 16.2. The summed E-state index contributed by atoms with van der Waals surface area (Å²) in [6.07, 6.45) is 0. The molecular formula is C21H25Cl2Hf-3. The first-order valence-corrected chi connectivity index (χ1v) is 7.80. The average Bonchev–Trinajstić information content (AvgIpc) is 2.73. The van der Waals surface area contributed by atoms with Crippen molar-refractivity contribution >= 4 is 21.5 Å². The van der Waals surface area contributed by atoms with E-state index in [-0.39, 0.29) is 61.5 Å². The summed E-state index contributed by atoms with van der Waals surface area (Å²) in [5.74, 6) is 0. The molecule has 0 radical (unpaired) electrons. The van der Waals surface area contributed by atoms with Crippen LogP contribution in [-0.4, -0.2) is 0 Å². The number of benzene rings is 2. The van der Waals surface area contributed by atoms with Gasteiger partial charge in [0.1, 0.15) is 0 Å². The molecule has 0 atom stereocenters. The van der Waals surface area contributed by atoms with Crippen molar-refractivity contribution in [3.8, 4) is 0 Å². The second-order valence-corrected chi connectivity index (χ2v) is 8.25. The molecule has 3 aromatic carbocycles. The molecule has 0 N–H and O–H groups in total. The van der Waals surface area contributed by atoms with Crippen LogP contribution in [0.25, 0.3) is 21.5 Å². The molecule has 0 spiro atoms. The summed E-state index contributed by atoms with van der Waals surface area (Å²) in [6.45, 7) is 13.6. The Hall–Kier alpha value is -0.240. The maximum atomic E-state index is 2.37. The molecule has 0 saturated heterocycles. The molecule has 0 saturated carbocycles. The average molecular weight is 527 g/mol. The Bertz CT molecular complexity index is 817. The zero-order valence-corrected chi connectivity index (χ0v) is 20.4. The summed E-state index contributed by atoms with van der Waals surface area (Å²) in [5, 5.41) is 5.48. The van der Waals surface area contributed by atoms with Gasteiger partial charge in [-0.3, -0.25) is 0 Å². The van der Waals surface area contributed by atoms with Gasteiger partial charge in [-0.15, -0.1) is 39.7 Å². The zero-order valence-electron chi connectivity index (χ0n) is 15.3. The molecule has 0 heterocycles. The quantitative estimate of drug-likeness (QED) is 0.292. The molecule has 0 fully saturated rings. The van der Waals surface area contributed by atoms with Gasteiger partial charge in [-0.25, -0.2) is 0 Å². The summed E-state index contributed by atoms with van der Waals surface area (Å²) >= 11 is 0. The Morgan fingerprint density at radius 1 is 0.625 bits per heavy atom. The van der Waals surface area contributed by atoms with Crippen LogP contribution in [0.5, 0.6) is 0 Å². The first-order valence-electron chi connectivity index (χ1n) is 7.80. The van der Waals surface area contributed by atoms with Crippen LogP contribution in [0.2, 0.25) is 0 Å². The molecule has 0 aliphatic rings. The SMILES string of the molecule is CC(C)(C)c1ccc2c(c1)[cH-]c1ccc(C(C)(C)C)cc12.[Cl-].[Cl-].[Hf]. The minimum Gasteiger partial charge on any atom is -1.00 e. The topological polar surface area (TPSA) is 0 Å². The Balaban J connectivity index is 0.00000176. The molecule has 0 aliphatic carbocycles. The van der Waals surface area contributed by atoms with Gasteiger partial charge in [-0.1, -0.05) is 76.9 Å². The van der Waals surface area contributed by atoms with E-state index in [1.165, 1.54) is 32.7 Å². The first-order chi connectivity index (χ1) is 9.66. The van der Waals surface area contributed by atoms with Gasteiger partial charge in [0.2, 0.25) is 0 Å². The monoisotopic (exact) mass is 527 g/mol. The minimum absolute atomic E-state index is 0. The molecule has 3 heteroatoms. The largest absolute Gasteiger partial charge is 1.00 e. The third-order valence-corrected chi connectivity index (χ3v) is 4.44. The van der Waals surface area contributed by atoms with Gasteiger partial charge in [-0.05, 0) is 10.8 Å². The van der Waals surface area contributed by atoms with Crippen LogP contribution >= 0.6 is 0 Å². The van der Waals surface area contributed by atoms with Crippen LogP contribution < -0.4 is 24.8 Å². The van der Waals surface area contributed by atoms with Crippen molar-refractivity contribution in [1.82, 2.24) is 0 Å². The van der Waals surface area contributed by atoms with Gasteiger partial charge >= 0.3 is 0 Å². The third kappa shape index (κ3) is 4.48. The van der Waals surface area contributed by atoms with E-state index in [9.17, 15) is 0 Å². The van der Waals surface area contributed by atoms with Crippen molar-refractivity contribution in [3.63, 3.8) is 0 Å². The van der Waals surface area contributed by atoms with Crippen molar-refractivity contribution in [2.45, 2.75) is 52.4 Å². The Labute approximate surface area is 177 Å². The molecule has 0 amide bonds. The minimum atomic E-state index is 0. The van der Waals surface area contributed by atoms with E-state index >= 15 is 0 Å². The maximum Gasteiger partial charge on any atom is 0 e. The molecule has 0 bridgehead atoms. The van der Waals surface area contributed by atoms with Crippen LogP contribution in [0.4, 0.5) is 0 Å². The van der Waals surface area contributed by atoms with Gasteiger partial charge in [0.25, 0.3) is 0 Å². The summed E-state index contributed by atoms with van der Waals surface area (Å²) in [4.78, 5) is 0. The molecular weight excluding hydrogens is 502 g/mol. The molecule has 0 aliphatic heterocycles. The van der Waals surface area contributed by atoms with Gasteiger partial charge in [0, 0.05) is 25.8 Å². The number of hydrogen-bond acceptors (Lipinski definition) is 0. The van der Waals surface area contributed by atoms with Crippen molar-refractivity contribution < 1.29 is 50.7 Å². The van der Waals surface area contributed by atoms with Crippen LogP contribution in [0.3, 0.4) is 0 Å². The normalized spacial score (nSPS) is 11.6. The van der Waals surface area contributed by atoms with E-state index in [1.807, 2.05) is 0 Å². The Morgan fingerprint density at radius 2 is 1.12 bits per heavy atom. The van der Waals surface area contributed by atoms with E-state index in [0.717, 1.165) is 0 Å². The van der Waals surface area contributed by atoms with Crippen LogP contribution in [0.15, 0.2) is 42.5 Å². The zero-order chi connectivity index (χ0) is 15.4. The van der Waals surface area contributed by atoms with E-state index in [1.54, 1.807) is 0 Å². The molecule has 3 aromatic rings. The number of rotatable bonds is 0. The van der Waals surface area contributed by atoms with E-state index in [2.05, 4.69) is 84.0 Å². The molecule has 3 rings (SSSR count). The Kier molecular flexibility index (Phi) is 7.90. The van der Waals surface area contributed by atoms with E-state index in [0.29, 0.717) is 0 Å². The summed E-state index contributed by atoms with van der Waals surface area (Å²) in [5.41, 5.74) is 3.21. The van der Waals surface area contributed by atoms with E-state index < -0.39 is 0 Å². The van der Waals surface area contributed by atoms with Gasteiger partial charge in [-0.2, -0.15) is 0 Å². The molecule has 0 nitrogen and oxygen atoms in total. The fraction of sp³-hybridized carbons (Fsp3) is 0.381. The fourth-order valence-corrected chi connectivity index (χ4v) is 2.94. The third-order valence-electron chi connectivity index (χ3n) is 4.44. The second-order valence-electron chi connectivity index (χ2n) is 8.25. The number of hydrogen-bond donors (Lipinski definition) is 0. The predicted molar refractivity (Wildman–Crippen MR) is 94.4 cm³/mol. The van der Waals surface area contributed by atoms with Gasteiger partial charge in [0.15, 0.2) is 0 Å². The van der Waals surface area contributed by atoms with Crippen LogP contribution in [-0.2, 0) is 36.7 Å². The summed E-state index contributed by atoms with van der Waals surface area (Å²) in [7, 11) is 0. The molecule has 130 valence electrons. The van der Waals surface area contributed by atoms with Crippen molar-refractivity contribution in [3.05, 3.63) is 53.6 Å².